The van der Waals surface area contributed by atoms with Gasteiger partial charge in [0.2, 0.25) is 0 Å². The van der Waals surface area contributed by atoms with E-state index < -0.39 is 0 Å². The number of aliphatic hydroxyl groups is 1. The van der Waals surface area contributed by atoms with E-state index >= 15 is 0 Å². The molecular weight excluding hydrogens is 320 g/mol. The van der Waals surface area contributed by atoms with E-state index in [2.05, 4.69) is 15.9 Å². The van der Waals surface area contributed by atoms with E-state index in [0.717, 1.165) is 28.3 Å². The normalized spacial score (nSPS) is 17.4. The quantitative estimate of drug-likeness (QED) is 0.931. The summed E-state index contributed by atoms with van der Waals surface area (Å²) in [5.41, 5.74) is 2.02. The van der Waals surface area contributed by atoms with Crippen LogP contribution in [-0.2, 0) is 6.54 Å². The van der Waals surface area contributed by atoms with Crippen molar-refractivity contribution in [2.24, 2.45) is 5.92 Å². The molecule has 2 aromatic rings. The highest BCUT2D eigenvalue weighted by molar-refractivity contribution is 9.10. The molecule has 1 aliphatic rings. The van der Waals surface area contributed by atoms with Gasteiger partial charge in [-0.15, -0.1) is 0 Å². The Morgan fingerprint density at radius 1 is 1.40 bits per heavy atom. The number of hydrogen-bond acceptors (Lipinski definition) is 2. The first-order chi connectivity index (χ1) is 9.61. The lowest BCUT2D eigenvalue weighted by atomic mass is 9.93. The van der Waals surface area contributed by atoms with E-state index in [9.17, 15) is 9.90 Å². The maximum Gasteiger partial charge on any atom is 0.329 e. The first-order valence-corrected chi connectivity index (χ1v) is 7.92. The zero-order chi connectivity index (χ0) is 14.3. The summed E-state index contributed by atoms with van der Waals surface area (Å²) in [6.07, 6.45) is 3.38. The van der Waals surface area contributed by atoms with E-state index in [4.69, 9.17) is 0 Å². The molecule has 0 radical (unpaired) electrons. The minimum atomic E-state index is 0.0584. The number of hydrogen-bond donors (Lipinski definition) is 1. The fourth-order valence-corrected chi connectivity index (χ4v) is 3.15. The summed E-state index contributed by atoms with van der Waals surface area (Å²) in [5, 5.41) is 9.26. The Kier molecular flexibility index (Phi) is 3.73. The number of halogens is 1. The third-order valence-corrected chi connectivity index (χ3v) is 4.66. The zero-order valence-corrected chi connectivity index (χ0v) is 13.1. The highest BCUT2D eigenvalue weighted by atomic mass is 79.9. The number of nitrogens with zero attached hydrogens (tertiary/aromatic N) is 2. The monoisotopic (exact) mass is 338 g/mol. The fraction of sp³-hybridized carbons (Fsp3) is 0.533. The van der Waals surface area contributed by atoms with Crippen LogP contribution in [0.3, 0.4) is 0 Å². The van der Waals surface area contributed by atoms with Crippen molar-refractivity contribution < 1.29 is 5.11 Å². The van der Waals surface area contributed by atoms with E-state index in [0.29, 0.717) is 12.6 Å². The van der Waals surface area contributed by atoms with Crippen molar-refractivity contribution in [2.45, 2.75) is 38.8 Å². The topological polar surface area (TPSA) is 47.2 Å². The predicted molar refractivity (Wildman–Crippen MR) is 83.0 cm³/mol. The summed E-state index contributed by atoms with van der Waals surface area (Å²) < 4.78 is 4.72. The highest BCUT2D eigenvalue weighted by Crippen LogP contribution is 2.33. The van der Waals surface area contributed by atoms with Crippen LogP contribution in [0.4, 0.5) is 0 Å². The first-order valence-electron chi connectivity index (χ1n) is 7.13. The average molecular weight is 339 g/mol. The van der Waals surface area contributed by atoms with Crippen LogP contribution in [0.15, 0.2) is 27.5 Å². The second-order valence-electron chi connectivity index (χ2n) is 5.77. The molecule has 0 amide bonds. The Balaban J connectivity index is 2.19. The molecule has 0 spiro atoms. The van der Waals surface area contributed by atoms with Crippen molar-refractivity contribution >= 4 is 27.0 Å². The highest BCUT2D eigenvalue weighted by Gasteiger charge is 2.25. The van der Waals surface area contributed by atoms with Crippen LogP contribution in [0.25, 0.3) is 11.0 Å². The molecule has 5 heteroatoms. The molecule has 0 saturated heterocycles. The van der Waals surface area contributed by atoms with Gasteiger partial charge in [0.15, 0.2) is 0 Å². The minimum Gasteiger partial charge on any atom is -0.396 e. The predicted octanol–water partition coefficient (Wildman–Crippen LogP) is 2.92. The summed E-state index contributed by atoms with van der Waals surface area (Å²) >= 11 is 3.48. The Morgan fingerprint density at radius 3 is 2.75 bits per heavy atom. The van der Waals surface area contributed by atoms with Crippen molar-refractivity contribution in [1.29, 1.82) is 0 Å². The zero-order valence-electron chi connectivity index (χ0n) is 11.6. The molecule has 20 heavy (non-hydrogen) atoms. The molecule has 1 fully saturated rings. The molecule has 1 aliphatic carbocycles. The van der Waals surface area contributed by atoms with E-state index in [1.807, 2.05) is 29.7 Å². The van der Waals surface area contributed by atoms with Gasteiger partial charge in [-0.05, 0) is 43.4 Å². The van der Waals surface area contributed by atoms with Gasteiger partial charge >= 0.3 is 5.69 Å². The van der Waals surface area contributed by atoms with Gasteiger partial charge in [-0.1, -0.05) is 22.9 Å². The molecule has 0 aliphatic heterocycles. The standard InChI is InChI=1S/C15H19BrN2O2/c1-10(9-19)8-17-14-7-11(16)5-6-13(14)18(15(17)20)12-3-2-4-12/h5-7,10,12,19H,2-4,8-9H2,1H3/t10-/m0/s1. The van der Waals surface area contributed by atoms with Gasteiger partial charge in [-0.25, -0.2) is 4.79 Å². The van der Waals surface area contributed by atoms with Crippen LogP contribution in [0, 0.1) is 5.92 Å². The third kappa shape index (κ3) is 2.23. The summed E-state index contributed by atoms with van der Waals surface area (Å²) in [5.74, 6) is 0.0760. The Bertz CT molecular complexity index is 685. The minimum absolute atomic E-state index is 0.0584. The van der Waals surface area contributed by atoms with Crippen LogP contribution in [0.1, 0.15) is 32.2 Å². The number of rotatable bonds is 4. The molecule has 3 rings (SSSR count). The van der Waals surface area contributed by atoms with E-state index in [1.165, 1.54) is 6.42 Å². The summed E-state index contributed by atoms with van der Waals surface area (Å²) in [7, 11) is 0. The molecule has 0 unspecified atom stereocenters. The summed E-state index contributed by atoms with van der Waals surface area (Å²) in [6.45, 7) is 2.61. The van der Waals surface area contributed by atoms with Crippen LogP contribution in [0.2, 0.25) is 0 Å². The van der Waals surface area contributed by atoms with Crippen molar-refractivity contribution in [3.8, 4) is 0 Å². The molecule has 1 N–H and O–H groups in total. The van der Waals surface area contributed by atoms with Gasteiger partial charge in [0, 0.05) is 23.7 Å². The van der Waals surface area contributed by atoms with Crippen LogP contribution in [0.5, 0.6) is 0 Å². The molecule has 4 nitrogen and oxygen atoms in total. The second kappa shape index (κ2) is 5.37. The third-order valence-electron chi connectivity index (χ3n) is 4.17. The van der Waals surface area contributed by atoms with Crippen molar-refractivity contribution in [3.63, 3.8) is 0 Å². The largest absolute Gasteiger partial charge is 0.396 e. The second-order valence-corrected chi connectivity index (χ2v) is 6.68. The first kappa shape index (κ1) is 13.9. The molecular formula is C15H19BrN2O2. The molecule has 108 valence electrons. The number of benzene rings is 1. The van der Waals surface area contributed by atoms with Gasteiger partial charge < -0.3 is 5.11 Å². The maximum absolute atomic E-state index is 12.7. The van der Waals surface area contributed by atoms with Crippen molar-refractivity contribution in [1.82, 2.24) is 9.13 Å². The van der Waals surface area contributed by atoms with E-state index in [-0.39, 0.29) is 18.2 Å². The lowest BCUT2D eigenvalue weighted by Crippen LogP contribution is -2.31. The molecule has 1 saturated carbocycles. The Morgan fingerprint density at radius 2 is 2.15 bits per heavy atom. The lowest BCUT2D eigenvalue weighted by molar-refractivity contribution is 0.221. The summed E-state index contributed by atoms with van der Waals surface area (Å²) in [4.78, 5) is 12.7. The van der Waals surface area contributed by atoms with Crippen molar-refractivity contribution in [2.75, 3.05) is 6.61 Å². The molecule has 1 atom stereocenters. The lowest BCUT2D eigenvalue weighted by Gasteiger charge is -2.26. The van der Waals surface area contributed by atoms with Crippen LogP contribution >= 0.6 is 15.9 Å². The average Bonchev–Trinajstić information content (AvgIpc) is 2.62. The van der Waals surface area contributed by atoms with Gasteiger partial charge in [0.05, 0.1) is 11.0 Å². The molecule has 1 aromatic carbocycles. The van der Waals surface area contributed by atoms with E-state index in [1.54, 1.807) is 4.57 Å². The number of imidazole rings is 1. The SMILES string of the molecule is C[C@H](CO)Cn1c(=O)n(C2CCC2)c2ccc(Br)cc21. The smallest absolute Gasteiger partial charge is 0.329 e. The van der Waals surface area contributed by atoms with Crippen LogP contribution in [-0.4, -0.2) is 20.8 Å². The van der Waals surface area contributed by atoms with Gasteiger partial charge in [0.25, 0.3) is 0 Å². The molecule has 1 heterocycles. The molecule has 1 aromatic heterocycles. The van der Waals surface area contributed by atoms with Gasteiger partial charge in [-0.2, -0.15) is 0 Å². The number of aromatic nitrogens is 2. The number of fused-ring (bicyclic) bond motifs is 1. The summed E-state index contributed by atoms with van der Waals surface area (Å²) in [6, 6.07) is 6.34. The fourth-order valence-electron chi connectivity index (χ4n) is 2.80. The van der Waals surface area contributed by atoms with Gasteiger partial charge in [-0.3, -0.25) is 9.13 Å². The van der Waals surface area contributed by atoms with Crippen LogP contribution < -0.4 is 5.69 Å². The number of aliphatic hydroxyl groups excluding tert-OH is 1. The molecule has 0 bridgehead atoms. The Hall–Kier alpha value is -1.07. The van der Waals surface area contributed by atoms with Crippen molar-refractivity contribution in [3.05, 3.63) is 33.2 Å². The maximum atomic E-state index is 12.7. The van der Waals surface area contributed by atoms with Gasteiger partial charge in [0.1, 0.15) is 0 Å². The Labute approximate surface area is 126 Å².